The highest BCUT2D eigenvalue weighted by atomic mass is 35.5. The van der Waals surface area contributed by atoms with Gasteiger partial charge in [0.15, 0.2) is 0 Å². The van der Waals surface area contributed by atoms with E-state index in [1.165, 1.54) is 0 Å². The van der Waals surface area contributed by atoms with Gasteiger partial charge in [0.2, 0.25) is 0 Å². The van der Waals surface area contributed by atoms with Crippen LogP contribution in [0.4, 0.5) is 5.82 Å². The number of fused-ring (bicyclic) bond motifs is 1. The molecule has 240 valence electrons. The predicted octanol–water partition coefficient (Wildman–Crippen LogP) is 7.77. The zero-order chi connectivity index (χ0) is 32.3. The monoisotopic (exact) mass is 637 g/mol. The van der Waals surface area contributed by atoms with Crippen molar-refractivity contribution in [1.82, 2.24) is 19.6 Å². The van der Waals surface area contributed by atoms with E-state index >= 15 is 0 Å². The minimum Gasteiger partial charge on any atom is -0.462 e. The Bertz CT molecular complexity index is 1270. The second-order valence-corrected chi connectivity index (χ2v) is 12.3. The lowest BCUT2D eigenvalue weighted by molar-refractivity contribution is -0.153. The van der Waals surface area contributed by atoms with Crippen LogP contribution in [0.1, 0.15) is 75.0 Å². The summed E-state index contributed by atoms with van der Waals surface area (Å²) in [6.45, 7) is 17.5. The van der Waals surface area contributed by atoms with Crippen LogP contribution < -0.4 is 14.5 Å². The number of nitrogens with zero attached hydrogens (tertiary/aromatic N) is 4. The van der Waals surface area contributed by atoms with Crippen molar-refractivity contribution in [2.75, 3.05) is 25.6 Å². The first kappa shape index (κ1) is 36.7. The van der Waals surface area contributed by atoms with Crippen LogP contribution >= 0.6 is 20.1 Å². The number of carbonyl (C=O) groups is 1. The zero-order valence-electron chi connectivity index (χ0n) is 27.4. The fourth-order valence-electron chi connectivity index (χ4n) is 4.34. The smallest absolute Gasteiger partial charge is 0.326 e. The lowest BCUT2D eigenvalue weighted by Gasteiger charge is -2.29. The number of carbonyl (C=O) groups excluding carboxylic acids is 1. The average Bonchev–Trinajstić information content (AvgIpc) is 3.57. The van der Waals surface area contributed by atoms with E-state index in [0.717, 1.165) is 23.3 Å². The number of hydrogen-bond acceptors (Lipinski definition) is 9. The third-order valence-corrected chi connectivity index (χ3v) is 8.00. The first-order chi connectivity index (χ1) is 20.4. The predicted molar refractivity (Wildman–Crippen MR) is 176 cm³/mol. The summed E-state index contributed by atoms with van der Waals surface area (Å²) in [5, 5.41) is 4.78. The molecule has 0 bridgehead atoms. The Morgan fingerprint density at radius 3 is 2.42 bits per heavy atom. The molecule has 43 heavy (non-hydrogen) atoms. The first-order valence-corrected chi connectivity index (χ1v) is 16.5. The van der Waals surface area contributed by atoms with Gasteiger partial charge in [-0.3, -0.25) is 4.79 Å². The maximum Gasteiger partial charge on any atom is 0.326 e. The van der Waals surface area contributed by atoms with Crippen molar-refractivity contribution in [3.8, 4) is 5.75 Å². The zero-order valence-corrected chi connectivity index (χ0v) is 29.1. The van der Waals surface area contributed by atoms with Gasteiger partial charge in [-0.15, -0.1) is 0 Å². The van der Waals surface area contributed by atoms with E-state index in [2.05, 4.69) is 26.5 Å². The maximum absolute atomic E-state index is 12.7. The van der Waals surface area contributed by atoms with E-state index in [0.29, 0.717) is 10.8 Å². The van der Waals surface area contributed by atoms with Gasteiger partial charge in [0.25, 0.3) is 0 Å². The minimum atomic E-state index is -1.73. The van der Waals surface area contributed by atoms with Crippen molar-refractivity contribution < 1.29 is 23.3 Å². The van der Waals surface area contributed by atoms with Gasteiger partial charge in [0, 0.05) is 31.2 Å². The SMILES string of the molecule is CC.CC.CC(C)OC(=O)C(C)(C)NP(OCC1CC(C)[C@H](n2ccc3c(N(C)C)ncnc32)O1)Oc1ccc(Cl)cc1. The Hall–Kier alpha value is -2.49. The van der Waals surface area contributed by atoms with E-state index in [4.69, 9.17) is 30.1 Å². The molecule has 1 N–H and O–H groups in total. The lowest BCUT2D eigenvalue weighted by Crippen LogP contribution is -2.46. The third-order valence-electron chi connectivity index (χ3n) is 6.24. The van der Waals surface area contributed by atoms with Crippen LogP contribution in [-0.2, 0) is 18.8 Å². The highest BCUT2D eigenvalue weighted by Gasteiger charge is 2.38. The molecule has 1 aliphatic rings. The van der Waals surface area contributed by atoms with Crippen LogP contribution in [0.5, 0.6) is 5.75 Å². The molecule has 2 aromatic heterocycles. The molecular weight excluding hydrogens is 589 g/mol. The number of esters is 1. The van der Waals surface area contributed by atoms with Crippen LogP contribution in [0, 0.1) is 5.92 Å². The van der Waals surface area contributed by atoms with E-state index in [1.807, 2.05) is 72.8 Å². The number of aromatic nitrogens is 3. The quantitative estimate of drug-likeness (QED) is 0.167. The molecule has 4 rings (SSSR count). The summed E-state index contributed by atoms with van der Waals surface area (Å²) < 4.78 is 26.3. The lowest BCUT2D eigenvalue weighted by atomic mass is 10.1. The molecule has 12 heteroatoms. The number of nitrogens with one attached hydrogen (secondary N) is 1. The Labute approximate surface area is 263 Å². The Kier molecular flexibility index (Phi) is 14.6. The summed E-state index contributed by atoms with van der Waals surface area (Å²) in [5.41, 5.74) is -0.213. The second-order valence-electron chi connectivity index (χ2n) is 10.7. The number of rotatable bonds is 11. The van der Waals surface area contributed by atoms with Gasteiger partial charge in [-0.25, -0.2) is 15.1 Å². The molecule has 0 amide bonds. The van der Waals surface area contributed by atoms with Crippen LogP contribution in [0.3, 0.4) is 0 Å². The number of benzene rings is 1. The molecule has 1 fully saturated rings. The van der Waals surface area contributed by atoms with E-state index in [-0.39, 0.29) is 31.0 Å². The molecule has 1 aromatic carbocycles. The van der Waals surface area contributed by atoms with Crippen LogP contribution in [0.2, 0.25) is 5.02 Å². The van der Waals surface area contributed by atoms with Gasteiger partial charge in [-0.05, 0) is 64.4 Å². The summed E-state index contributed by atoms with van der Waals surface area (Å²) in [7, 11) is 2.19. The van der Waals surface area contributed by atoms with Gasteiger partial charge in [0.1, 0.15) is 35.3 Å². The van der Waals surface area contributed by atoms with Crippen molar-refractivity contribution in [2.24, 2.45) is 5.92 Å². The minimum absolute atomic E-state index is 0.177. The van der Waals surface area contributed by atoms with E-state index in [1.54, 1.807) is 44.4 Å². The van der Waals surface area contributed by atoms with Crippen molar-refractivity contribution in [3.05, 3.63) is 47.9 Å². The fourth-order valence-corrected chi connectivity index (χ4v) is 5.79. The topological polar surface area (TPSA) is 100.0 Å². The van der Waals surface area contributed by atoms with Crippen LogP contribution in [-0.4, -0.2) is 59.0 Å². The molecule has 0 spiro atoms. The highest BCUT2D eigenvalue weighted by Crippen LogP contribution is 2.42. The fraction of sp³-hybridized carbons (Fsp3) is 0.581. The standard InChI is InChI=1S/C27H37ClN5O5P.2C2H6/c1-17(2)36-26(34)27(4,5)31-39(38-20-10-8-19(28)9-11-20)35-15-21-14-18(3)25(37-21)33-13-12-22-23(32(6)7)29-16-30-24(22)33;2*1-2/h8-13,16-18,21,25,31H,14-15H2,1-7H3;2*1-2H3/t18?,21?,25-,39?;;/m1../s1. The molecule has 3 heterocycles. The first-order valence-electron chi connectivity index (χ1n) is 14.9. The molecule has 4 atom stereocenters. The molecule has 0 saturated carbocycles. The molecule has 10 nitrogen and oxygen atoms in total. The largest absolute Gasteiger partial charge is 0.462 e. The molecule has 0 aliphatic carbocycles. The van der Waals surface area contributed by atoms with E-state index < -0.39 is 20.0 Å². The summed E-state index contributed by atoms with van der Waals surface area (Å²) in [6.07, 6.45) is 3.75. The molecule has 3 aromatic rings. The van der Waals surface area contributed by atoms with Gasteiger partial charge in [-0.2, -0.15) is 0 Å². The summed E-state index contributed by atoms with van der Waals surface area (Å²) in [6, 6.07) is 9.01. The summed E-state index contributed by atoms with van der Waals surface area (Å²) in [5.74, 6) is 1.26. The second kappa shape index (κ2) is 17.1. The van der Waals surface area contributed by atoms with Crippen molar-refractivity contribution in [1.29, 1.82) is 0 Å². The molecule has 0 radical (unpaired) electrons. The van der Waals surface area contributed by atoms with Crippen molar-refractivity contribution in [3.63, 3.8) is 0 Å². The average molecular weight is 638 g/mol. The normalized spacial score (nSPS) is 18.8. The van der Waals surface area contributed by atoms with Gasteiger partial charge >= 0.3 is 14.5 Å². The summed E-state index contributed by atoms with van der Waals surface area (Å²) in [4.78, 5) is 23.6. The number of halogens is 1. The Morgan fingerprint density at radius 2 is 1.81 bits per heavy atom. The maximum atomic E-state index is 12.7. The Balaban J connectivity index is 0.00000155. The van der Waals surface area contributed by atoms with Gasteiger partial charge in [0.05, 0.1) is 24.2 Å². The number of ether oxygens (including phenoxy) is 2. The number of hydrogen-bond donors (Lipinski definition) is 1. The van der Waals surface area contributed by atoms with Gasteiger partial charge < -0.3 is 28.0 Å². The van der Waals surface area contributed by atoms with Gasteiger partial charge in [-0.1, -0.05) is 46.2 Å². The molecule has 1 aliphatic heterocycles. The Morgan fingerprint density at radius 1 is 1.16 bits per heavy atom. The van der Waals surface area contributed by atoms with Crippen molar-refractivity contribution in [2.45, 2.75) is 92.7 Å². The van der Waals surface area contributed by atoms with Crippen LogP contribution in [0.15, 0.2) is 42.9 Å². The van der Waals surface area contributed by atoms with E-state index in [9.17, 15) is 4.79 Å². The van der Waals surface area contributed by atoms with Crippen molar-refractivity contribution >= 4 is 42.9 Å². The summed E-state index contributed by atoms with van der Waals surface area (Å²) >= 11 is 6.03. The molecular formula is C31H49ClN5O5P. The molecule has 1 saturated heterocycles. The highest BCUT2D eigenvalue weighted by molar-refractivity contribution is 7.45. The molecule has 3 unspecified atom stereocenters. The third kappa shape index (κ3) is 10.0. The number of anilines is 1. The van der Waals surface area contributed by atoms with Crippen LogP contribution in [0.25, 0.3) is 11.0 Å².